The quantitative estimate of drug-likeness (QED) is 0.335. The Bertz CT molecular complexity index is 87.9. The van der Waals surface area contributed by atoms with Crippen LogP contribution in [0.15, 0.2) is 0 Å². The van der Waals surface area contributed by atoms with E-state index >= 15 is 0 Å². The lowest BCUT2D eigenvalue weighted by Gasteiger charge is -1.97. The van der Waals surface area contributed by atoms with Gasteiger partial charge in [0.15, 0.2) is 0 Å². The van der Waals surface area contributed by atoms with E-state index in [2.05, 4.69) is 21.9 Å². The third kappa shape index (κ3) is 5.61. The lowest BCUT2D eigenvalue weighted by Crippen LogP contribution is -2.20. The standard InChI is InChI=1S/C4H9NO3S/c1-7-3-2-4(6)5-8-9/h9H,2-3H2,1H3,(H,5,6). The van der Waals surface area contributed by atoms with E-state index in [9.17, 15) is 4.79 Å². The molecule has 54 valence electrons. The van der Waals surface area contributed by atoms with Crippen LogP contribution in [-0.2, 0) is 13.8 Å². The Morgan fingerprint density at radius 3 is 2.89 bits per heavy atom. The fraction of sp³-hybridized carbons (Fsp3) is 0.750. The number of carbonyl (C=O) groups excluding carboxylic acids is 1. The van der Waals surface area contributed by atoms with Gasteiger partial charge in [0.05, 0.1) is 13.0 Å². The number of hydrogen-bond donors (Lipinski definition) is 2. The van der Waals surface area contributed by atoms with Crippen LogP contribution in [0, 0.1) is 0 Å². The third-order valence-electron chi connectivity index (χ3n) is 0.693. The first-order valence-corrected chi connectivity index (χ1v) is 2.76. The van der Waals surface area contributed by atoms with Gasteiger partial charge in [0.25, 0.3) is 0 Å². The second-order valence-electron chi connectivity index (χ2n) is 1.36. The predicted octanol–water partition coefficient (Wildman–Crippen LogP) is -0.0845. The van der Waals surface area contributed by atoms with Crippen molar-refractivity contribution >= 4 is 18.8 Å². The van der Waals surface area contributed by atoms with Gasteiger partial charge < -0.3 is 4.74 Å². The Morgan fingerprint density at radius 2 is 2.44 bits per heavy atom. The van der Waals surface area contributed by atoms with Gasteiger partial charge in [0.2, 0.25) is 5.91 Å². The van der Waals surface area contributed by atoms with Gasteiger partial charge in [-0.05, 0) is 0 Å². The van der Waals surface area contributed by atoms with Crippen molar-refractivity contribution < 1.29 is 13.8 Å². The molecule has 0 spiro atoms. The van der Waals surface area contributed by atoms with Gasteiger partial charge in [-0.3, -0.25) is 4.79 Å². The van der Waals surface area contributed by atoms with Crippen LogP contribution < -0.4 is 5.48 Å². The average molecular weight is 151 g/mol. The molecule has 0 aliphatic heterocycles. The Kier molecular flexibility index (Phi) is 5.70. The number of amides is 1. The zero-order valence-electron chi connectivity index (χ0n) is 5.09. The van der Waals surface area contributed by atoms with E-state index in [4.69, 9.17) is 0 Å². The molecule has 1 amide bonds. The monoisotopic (exact) mass is 151 g/mol. The highest BCUT2D eigenvalue weighted by Crippen LogP contribution is 1.80. The highest BCUT2D eigenvalue weighted by Gasteiger charge is 1.96. The Hall–Kier alpha value is -0.260. The molecule has 0 aliphatic rings. The summed E-state index contributed by atoms with van der Waals surface area (Å²) in [7, 11) is 1.52. The van der Waals surface area contributed by atoms with E-state index in [1.807, 2.05) is 5.48 Å². The van der Waals surface area contributed by atoms with E-state index in [0.717, 1.165) is 0 Å². The zero-order chi connectivity index (χ0) is 7.11. The third-order valence-corrected chi connectivity index (χ3v) is 0.784. The molecule has 4 nitrogen and oxygen atoms in total. The van der Waals surface area contributed by atoms with Crippen molar-refractivity contribution in [1.29, 1.82) is 0 Å². The van der Waals surface area contributed by atoms with Gasteiger partial charge in [-0.1, -0.05) is 0 Å². The molecule has 1 N–H and O–H groups in total. The Balaban J connectivity index is 3.06. The summed E-state index contributed by atoms with van der Waals surface area (Å²) in [6.45, 7) is 0.392. The van der Waals surface area contributed by atoms with Gasteiger partial charge >= 0.3 is 0 Å². The van der Waals surface area contributed by atoms with Crippen molar-refractivity contribution in [3.63, 3.8) is 0 Å². The number of methoxy groups -OCH3 is 1. The summed E-state index contributed by atoms with van der Waals surface area (Å²) in [4.78, 5) is 10.4. The highest BCUT2D eigenvalue weighted by atomic mass is 32.1. The minimum Gasteiger partial charge on any atom is -0.384 e. The highest BCUT2D eigenvalue weighted by molar-refractivity contribution is 7.75. The number of rotatable bonds is 4. The second-order valence-corrected chi connectivity index (χ2v) is 1.54. The van der Waals surface area contributed by atoms with Crippen LogP contribution in [0.2, 0.25) is 0 Å². The van der Waals surface area contributed by atoms with E-state index in [1.165, 1.54) is 7.11 Å². The minimum absolute atomic E-state index is 0.244. The number of carbonyl (C=O) groups is 1. The minimum atomic E-state index is -0.244. The summed E-state index contributed by atoms with van der Waals surface area (Å²) < 4.78 is 8.66. The first kappa shape index (κ1) is 8.74. The molecule has 9 heavy (non-hydrogen) atoms. The van der Waals surface area contributed by atoms with Gasteiger partial charge in [-0.2, -0.15) is 0 Å². The largest absolute Gasteiger partial charge is 0.384 e. The van der Waals surface area contributed by atoms with Crippen molar-refractivity contribution in [3.05, 3.63) is 0 Å². The predicted molar refractivity (Wildman–Crippen MR) is 34.7 cm³/mol. The fourth-order valence-corrected chi connectivity index (χ4v) is 0.399. The van der Waals surface area contributed by atoms with E-state index in [-0.39, 0.29) is 12.3 Å². The Labute approximate surface area is 59.1 Å². The van der Waals surface area contributed by atoms with Crippen molar-refractivity contribution in [1.82, 2.24) is 5.48 Å². The maximum Gasteiger partial charge on any atom is 0.246 e. The second kappa shape index (κ2) is 5.87. The van der Waals surface area contributed by atoms with E-state index in [0.29, 0.717) is 6.61 Å². The topological polar surface area (TPSA) is 47.6 Å². The van der Waals surface area contributed by atoms with E-state index in [1.54, 1.807) is 0 Å². The maximum atomic E-state index is 10.4. The van der Waals surface area contributed by atoms with Crippen LogP contribution in [0.25, 0.3) is 0 Å². The molecule has 0 saturated carbocycles. The van der Waals surface area contributed by atoms with Crippen LogP contribution in [0.5, 0.6) is 0 Å². The van der Waals surface area contributed by atoms with Gasteiger partial charge in [-0.15, -0.1) is 0 Å². The first-order chi connectivity index (χ1) is 4.31. The number of hydroxylamine groups is 1. The van der Waals surface area contributed by atoms with Crippen molar-refractivity contribution in [2.24, 2.45) is 0 Å². The normalized spacial score (nSPS) is 9.11. The van der Waals surface area contributed by atoms with Gasteiger partial charge in [-0.25, -0.2) is 9.76 Å². The lowest BCUT2D eigenvalue weighted by atomic mass is 10.4. The van der Waals surface area contributed by atoms with E-state index < -0.39 is 0 Å². The van der Waals surface area contributed by atoms with Crippen LogP contribution in [0.4, 0.5) is 0 Å². The summed E-state index contributed by atoms with van der Waals surface area (Å²) >= 11 is 3.31. The van der Waals surface area contributed by atoms with Crippen molar-refractivity contribution in [2.75, 3.05) is 13.7 Å². The number of thiol groups is 1. The first-order valence-electron chi connectivity index (χ1n) is 2.39. The summed E-state index contributed by atoms with van der Waals surface area (Å²) in [5.41, 5.74) is 2.03. The van der Waals surface area contributed by atoms with Crippen LogP contribution >= 0.6 is 12.9 Å². The molecule has 5 heteroatoms. The molecule has 0 rings (SSSR count). The van der Waals surface area contributed by atoms with Crippen LogP contribution in [0.1, 0.15) is 6.42 Å². The summed E-state index contributed by atoms with van der Waals surface area (Å²) in [6.07, 6.45) is 0.289. The molecule has 0 radical (unpaired) electrons. The maximum absolute atomic E-state index is 10.4. The molecule has 0 aliphatic carbocycles. The summed E-state index contributed by atoms with van der Waals surface area (Å²) in [6, 6.07) is 0. The average Bonchev–Trinajstić information content (AvgIpc) is 1.85. The SMILES string of the molecule is COCCC(=O)NOS. The Morgan fingerprint density at radius 1 is 1.78 bits per heavy atom. The van der Waals surface area contributed by atoms with Crippen LogP contribution in [0.3, 0.4) is 0 Å². The number of nitrogens with one attached hydrogen (secondary N) is 1. The molecular formula is C4H9NO3S. The molecule has 0 heterocycles. The lowest BCUT2D eigenvalue weighted by molar-refractivity contribution is -0.127. The van der Waals surface area contributed by atoms with Gasteiger partial charge in [0, 0.05) is 20.0 Å². The molecule has 0 aromatic rings. The van der Waals surface area contributed by atoms with Gasteiger partial charge in [0.1, 0.15) is 0 Å². The molecule has 0 aromatic heterocycles. The smallest absolute Gasteiger partial charge is 0.246 e. The fourth-order valence-electron chi connectivity index (χ4n) is 0.297. The summed E-state index contributed by atoms with van der Waals surface area (Å²) in [5.74, 6) is -0.244. The molecule has 0 bridgehead atoms. The molecule has 0 atom stereocenters. The molecule has 0 aromatic carbocycles. The molecule has 0 saturated heterocycles. The summed E-state index contributed by atoms with van der Waals surface area (Å²) in [5, 5.41) is 0. The van der Waals surface area contributed by atoms with Crippen molar-refractivity contribution in [3.8, 4) is 0 Å². The zero-order valence-corrected chi connectivity index (χ0v) is 5.98. The number of hydrogen-bond acceptors (Lipinski definition) is 4. The molecule has 0 fully saturated rings. The molecular weight excluding hydrogens is 142 g/mol. The van der Waals surface area contributed by atoms with Crippen LogP contribution in [-0.4, -0.2) is 19.6 Å². The molecule has 0 unspecified atom stereocenters. The number of ether oxygens (including phenoxy) is 1. The van der Waals surface area contributed by atoms with Crippen molar-refractivity contribution in [2.45, 2.75) is 6.42 Å².